The van der Waals surface area contributed by atoms with Gasteiger partial charge in [-0.05, 0) is 36.4 Å². The molecule has 1 aromatic heterocycles. The number of amides is 2. The minimum atomic E-state index is -0.132. The fraction of sp³-hybridized carbons (Fsp3) is 0.100. The summed E-state index contributed by atoms with van der Waals surface area (Å²) in [5.41, 5.74) is 2.95. The average molecular weight is 376 g/mol. The summed E-state index contributed by atoms with van der Waals surface area (Å²) in [5, 5.41) is 11.8. The third-order valence-corrected chi connectivity index (χ3v) is 3.58. The first-order chi connectivity index (χ1) is 13.5. The number of aromatic nitrogens is 2. The first-order valence-corrected chi connectivity index (χ1v) is 8.59. The third-order valence-electron chi connectivity index (χ3n) is 3.58. The molecular weight excluding hydrogens is 356 g/mol. The Morgan fingerprint density at radius 1 is 0.679 bits per heavy atom. The zero-order chi connectivity index (χ0) is 19.9. The summed E-state index contributed by atoms with van der Waals surface area (Å²) in [7, 11) is 0. The van der Waals surface area contributed by atoms with Gasteiger partial charge in [0.2, 0.25) is 11.8 Å². The van der Waals surface area contributed by atoms with Gasteiger partial charge in [0.1, 0.15) is 18.0 Å². The molecule has 0 saturated carbocycles. The van der Waals surface area contributed by atoms with Crippen LogP contribution in [-0.4, -0.2) is 21.8 Å². The number of nitrogens with one attached hydrogen (secondary N) is 4. The predicted octanol–water partition coefficient (Wildman–Crippen LogP) is 3.88. The highest BCUT2D eigenvalue weighted by Gasteiger charge is 2.03. The Morgan fingerprint density at radius 3 is 1.54 bits per heavy atom. The van der Waals surface area contributed by atoms with Gasteiger partial charge in [0.25, 0.3) is 0 Å². The normalized spacial score (nSPS) is 10.1. The Morgan fingerprint density at radius 2 is 1.11 bits per heavy atom. The lowest BCUT2D eigenvalue weighted by Gasteiger charge is -2.11. The molecule has 0 spiro atoms. The quantitative estimate of drug-likeness (QED) is 0.520. The maximum Gasteiger partial charge on any atom is 0.221 e. The van der Waals surface area contributed by atoms with Crippen molar-refractivity contribution in [1.29, 1.82) is 0 Å². The van der Waals surface area contributed by atoms with E-state index in [1.807, 2.05) is 48.5 Å². The van der Waals surface area contributed by atoms with Gasteiger partial charge in [0, 0.05) is 42.7 Å². The van der Waals surface area contributed by atoms with Crippen molar-refractivity contribution in [3.63, 3.8) is 0 Å². The predicted molar refractivity (Wildman–Crippen MR) is 110 cm³/mol. The van der Waals surface area contributed by atoms with E-state index in [1.165, 1.54) is 20.2 Å². The molecule has 0 saturated heterocycles. The summed E-state index contributed by atoms with van der Waals surface area (Å²) in [6.07, 6.45) is 1.44. The van der Waals surface area contributed by atoms with E-state index < -0.39 is 0 Å². The van der Waals surface area contributed by atoms with E-state index in [4.69, 9.17) is 0 Å². The second kappa shape index (κ2) is 8.63. The van der Waals surface area contributed by atoms with Gasteiger partial charge in [-0.15, -0.1) is 0 Å². The van der Waals surface area contributed by atoms with Crippen molar-refractivity contribution >= 4 is 46.2 Å². The minimum absolute atomic E-state index is 0.132. The molecule has 28 heavy (non-hydrogen) atoms. The highest BCUT2D eigenvalue weighted by Crippen LogP contribution is 2.22. The van der Waals surface area contributed by atoms with Crippen LogP contribution in [0.25, 0.3) is 0 Å². The summed E-state index contributed by atoms with van der Waals surface area (Å²) in [4.78, 5) is 30.8. The van der Waals surface area contributed by atoms with Crippen LogP contribution in [0.2, 0.25) is 0 Å². The number of benzene rings is 2. The van der Waals surface area contributed by atoms with Crippen molar-refractivity contribution in [3.05, 3.63) is 60.9 Å². The lowest BCUT2D eigenvalue weighted by Crippen LogP contribution is -2.06. The van der Waals surface area contributed by atoms with E-state index in [0.717, 1.165) is 11.4 Å². The monoisotopic (exact) mass is 376 g/mol. The molecule has 0 radical (unpaired) electrons. The molecule has 2 amide bonds. The maximum absolute atomic E-state index is 11.2. The molecular formula is C20H20N6O2. The summed E-state index contributed by atoms with van der Waals surface area (Å²) in [6, 6.07) is 16.4. The first-order valence-electron chi connectivity index (χ1n) is 8.59. The van der Waals surface area contributed by atoms with Crippen LogP contribution in [0, 0.1) is 0 Å². The Hall–Kier alpha value is -3.94. The van der Waals surface area contributed by atoms with Crippen molar-refractivity contribution < 1.29 is 9.59 Å². The van der Waals surface area contributed by atoms with E-state index >= 15 is 0 Å². The Labute approximate surface area is 162 Å². The summed E-state index contributed by atoms with van der Waals surface area (Å²) in [6.45, 7) is 2.92. The first kappa shape index (κ1) is 18.8. The molecule has 0 aliphatic heterocycles. The van der Waals surface area contributed by atoms with Gasteiger partial charge in [-0.3, -0.25) is 9.59 Å². The van der Waals surface area contributed by atoms with Crippen LogP contribution in [-0.2, 0) is 9.59 Å². The van der Waals surface area contributed by atoms with Crippen LogP contribution in [0.15, 0.2) is 60.9 Å². The zero-order valence-electron chi connectivity index (χ0n) is 15.5. The van der Waals surface area contributed by atoms with Crippen LogP contribution in [0.3, 0.4) is 0 Å². The lowest BCUT2D eigenvalue weighted by atomic mass is 10.2. The van der Waals surface area contributed by atoms with Crippen LogP contribution >= 0.6 is 0 Å². The smallest absolute Gasteiger partial charge is 0.221 e. The molecule has 142 valence electrons. The largest absolute Gasteiger partial charge is 0.340 e. The molecule has 0 atom stereocenters. The number of hydrogen-bond acceptors (Lipinski definition) is 6. The van der Waals surface area contributed by atoms with Crippen LogP contribution in [0.1, 0.15) is 13.8 Å². The van der Waals surface area contributed by atoms with Gasteiger partial charge in [-0.2, -0.15) is 0 Å². The van der Waals surface area contributed by atoms with E-state index in [2.05, 4.69) is 31.2 Å². The number of rotatable bonds is 6. The van der Waals surface area contributed by atoms with Crippen molar-refractivity contribution in [3.8, 4) is 0 Å². The molecule has 1 heterocycles. The Kier molecular flexibility index (Phi) is 5.81. The Bertz CT molecular complexity index is 928. The topological polar surface area (TPSA) is 108 Å². The van der Waals surface area contributed by atoms with Crippen molar-refractivity contribution in [2.24, 2.45) is 0 Å². The van der Waals surface area contributed by atoms with Crippen molar-refractivity contribution in [1.82, 2.24) is 9.97 Å². The Balaban J connectivity index is 1.72. The molecule has 0 unspecified atom stereocenters. The molecule has 8 heteroatoms. The number of carbonyl (C=O) groups is 2. The maximum atomic E-state index is 11.2. The number of anilines is 6. The second-order valence-electron chi connectivity index (χ2n) is 6.06. The molecule has 0 aliphatic rings. The zero-order valence-corrected chi connectivity index (χ0v) is 15.5. The molecule has 0 aliphatic carbocycles. The highest BCUT2D eigenvalue weighted by atomic mass is 16.2. The number of carbonyl (C=O) groups excluding carboxylic acids is 2. The van der Waals surface area contributed by atoms with Gasteiger partial charge in [0.05, 0.1) is 0 Å². The van der Waals surface area contributed by atoms with Crippen molar-refractivity contribution in [2.75, 3.05) is 21.3 Å². The van der Waals surface area contributed by atoms with Gasteiger partial charge in [0.15, 0.2) is 0 Å². The number of nitrogens with zero attached hydrogens (tertiary/aromatic N) is 2. The highest BCUT2D eigenvalue weighted by molar-refractivity contribution is 5.90. The molecule has 0 bridgehead atoms. The van der Waals surface area contributed by atoms with Crippen LogP contribution < -0.4 is 21.3 Å². The average Bonchev–Trinajstić information content (AvgIpc) is 2.61. The van der Waals surface area contributed by atoms with Gasteiger partial charge < -0.3 is 21.3 Å². The van der Waals surface area contributed by atoms with Crippen molar-refractivity contribution in [2.45, 2.75) is 13.8 Å². The fourth-order valence-corrected chi connectivity index (χ4v) is 2.55. The van der Waals surface area contributed by atoms with E-state index in [0.29, 0.717) is 23.0 Å². The van der Waals surface area contributed by atoms with Gasteiger partial charge in [-0.25, -0.2) is 9.97 Å². The lowest BCUT2D eigenvalue weighted by molar-refractivity contribution is -0.115. The molecule has 3 rings (SSSR count). The minimum Gasteiger partial charge on any atom is -0.340 e. The molecule has 3 aromatic rings. The second-order valence-corrected chi connectivity index (χ2v) is 6.06. The van der Waals surface area contributed by atoms with Crippen LogP contribution in [0.5, 0.6) is 0 Å². The standard InChI is InChI=1S/C20H20N6O2/c1-13(27)23-15-5-3-7-17(9-15)25-19-11-20(22-12-21-19)26-18-8-4-6-16(10-18)24-14(2)28/h3-12H,1-2H3,(H,23,27)(H,24,28)(H2,21,22,25,26). The summed E-state index contributed by atoms with van der Waals surface area (Å²) in [5.74, 6) is 0.922. The molecule has 8 nitrogen and oxygen atoms in total. The summed E-state index contributed by atoms with van der Waals surface area (Å²) < 4.78 is 0. The summed E-state index contributed by atoms with van der Waals surface area (Å²) >= 11 is 0. The fourth-order valence-electron chi connectivity index (χ4n) is 2.55. The number of hydrogen-bond donors (Lipinski definition) is 4. The molecule has 0 fully saturated rings. The van der Waals surface area contributed by atoms with E-state index in [-0.39, 0.29) is 11.8 Å². The van der Waals surface area contributed by atoms with E-state index in [1.54, 1.807) is 6.07 Å². The van der Waals surface area contributed by atoms with Gasteiger partial charge in [-0.1, -0.05) is 12.1 Å². The SMILES string of the molecule is CC(=O)Nc1cccc(Nc2cc(Nc3cccc(NC(C)=O)c3)ncn2)c1. The van der Waals surface area contributed by atoms with Gasteiger partial charge >= 0.3 is 0 Å². The third kappa shape index (κ3) is 5.53. The van der Waals surface area contributed by atoms with E-state index in [9.17, 15) is 9.59 Å². The molecule has 2 aromatic carbocycles. The van der Waals surface area contributed by atoms with Crippen LogP contribution in [0.4, 0.5) is 34.4 Å². The molecule has 4 N–H and O–H groups in total.